The van der Waals surface area contributed by atoms with Crippen molar-refractivity contribution in [3.8, 4) is 0 Å². The Morgan fingerprint density at radius 2 is 1.60 bits per heavy atom. The van der Waals surface area contributed by atoms with E-state index in [1.807, 2.05) is 0 Å². The summed E-state index contributed by atoms with van der Waals surface area (Å²) < 4.78 is 10.1. The first-order chi connectivity index (χ1) is 4.61. The summed E-state index contributed by atoms with van der Waals surface area (Å²) in [5.41, 5.74) is 0. The Labute approximate surface area is 65.4 Å². The molecule has 46 valence electrons. The molecule has 0 unspecified atom stereocenters. The Balaban J connectivity index is 2.39. The Hall–Kier alpha value is 0.180. The van der Waals surface area contributed by atoms with E-state index in [0.29, 0.717) is 13.2 Å². The van der Waals surface area contributed by atoms with Crippen molar-refractivity contribution >= 4 is 30.7 Å². The van der Waals surface area contributed by atoms with Gasteiger partial charge in [-0.15, -0.1) is 0 Å². The average molecular weight is 129 g/mol. The molecular formula is C4H6B4O2. The molecule has 1 rings (SSSR count). The molecule has 0 atom stereocenters. The van der Waals surface area contributed by atoms with Crippen LogP contribution in [0.15, 0.2) is 0 Å². The van der Waals surface area contributed by atoms with Crippen molar-refractivity contribution in [2.24, 2.45) is 0 Å². The van der Waals surface area contributed by atoms with E-state index in [1.165, 1.54) is 0 Å². The van der Waals surface area contributed by atoms with Crippen molar-refractivity contribution in [1.29, 1.82) is 0 Å². The summed E-state index contributed by atoms with van der Waals surface area (Å²) in [5, 5.41) is -1.37. The molecule has 0 saturated carbocycles. The maximum Gasteiger partial charge on any atom is 0.437 e. The minimum absolute atomic E-state index is 0.609. The summed E-state index contributed by atoms with van der Waals surface area (Å²) in [6.45, 7) is 1.22. The van der Waals surface area contributed by atoms with Crippen LogP contribution in [0, 0.1) is 0 Å². The van der Waals surface area contributed by atoms with Gasteiger partial charge in [0.25, 0.3) is 0 Å². The van der Waals surface area contributed by atoms with E-state index in [-0.39, 0.29) is 0 Å². The molecule has 1 fully saturated rings. The Morgan fingerprint density at radius 1 is 1.10 bits per heavy atom. The van der Waals surface area contributed by atoms with Crippen molar-refractivity contribution in [2.45, 2.75) is 11.4 Å². The largest absolute Gasteiger partial charge is 0.437 e. The van der Waals surface area contributed by atoms with Gasteiger partial charge in [0.05, 0.1) is 0 Å². The summed E-state index contributed by atoms with van der Waals surface area (Å²) in [7, 11) is 15.3. The molecule has 10 heavy (non-hydrogen) atoms. The summed E-state index contributed by atoms with van der Waals surface area (Å²) in [6.07, 6.45) is 0.868. The third kappa shape index (κ3) is 2.10. The van der Waals surface area contributed by atoms with Gasteiger partial charge in [0.15, 0.2) is 0 Å². The zero-order valence-corrected chi connectivity index (χ0v) is 5.75. The smallest absolute Gasteiger partial charge is 0.412 e. The van der Waals surface area contributed by atoms with E-state index >= 15 is 0 Å². The summed E-state index contributed by atoms with van der Waals surface area (Å²) in [5.74, 6) is 0. The van der Waals surface area contributed by atoms with E-state index in [0.717, 1.165) is 6.42 Å². The predicted octanol–water partition coefficient (Wildman–Crippen LogP) is -0.970. The summed E-state index contributed by atoms with van der Waals surface area (Å²) >= 11 is 0. The average Bonchev–Trinajstić information content (AvgIpc) is 1.88. The van der Waals surface area contributed by atoms with Gasteiger partial charge in [-0.1, -0.05) is 5.01 Å². The summed E-state index contributed by atoms with van der Waals surface area (Å²) in [4.78, 5) is 0. The Kier molecular flexibility index (Phi) is 2.53. The molecule has 1 aliphatic heterocycles. The maximum absolute atomic E-state index is 5.32. The monoisotopic (exact) mass is 130 g/mol. The van der Waals surface area contributed by atoms with Crippen LogP contribution in [-0.4, -0.2) is 43.9 Å². The van der Waals surface area contributed by atoms with Gasteiger partial charge in [-0.25, -0.2) is 0 Å². The molecule has 0 bridgehead atoms. The molecule has 0 aromatic heterocycles. The van der Waals surface area contributed by atoms with Crippen LogP contribution in [0.3, 0.4) is 0 Å². The highest BCUT2D eigenvalue weighted by atomic mass is 16.6. The second kappa shape index (κ2) is 3.05. The standard InChI is InChI=1S/C4H6B4O2/c5-4(6,7)8-9-2-1-3-10-8/h1-3H2. The zero-order chi connectivity index (χ0) is 7.61. The van der Waals surface area contributed by atoms with Gasteiger partial charge in [0.1, 0.15) is 0 Å². The first-order valence-corrected chi connectivity index (χ1v) is 3.20. The third-order valence-electron chi connectivity index (χ3n) is 1.24. The van der Waals surface area contributed by atoms with Crippen LogP contribution >= 0.6 is 0 Å². The molecule has 1 heterocycles. The third-order valence-corrected chi connectivity index (χ3v) is 1.24. The first kappa shape index (κ1) is 8.28. The lowest BCUT2D eigenvalue weighted by atomic mass is 9.26. The van der Waals surface area contributed by atoms with E-state index in [9.17, 15) is 0 Å². The molecule has 0 aromatic rings. The first-order valence-electron chi connectivity index (χ1n) is 3.20. The topological polar surface area (TPSA) is 18.5 Å². The lowest BCUT2D eigenvalue weighted by Gasteiger charge is -2.30. The molecule has 6 radical (unpaired) electrons. The molecule has 6 heteroatoms. The molecule has 1 aliphatic rings. The fourth-order valence-electron chi connectivity index (χ4n) is 0.776. The van der Waals surface area contributed by atoms with Gasteiger partial charge in [-0.2, -0.15) is 0 Å². The normalized spacial score (nSPS) is 21.0. The number of hydrogen-bond donors (Lipinski definition) is 0. The van der Waals surface area contributed by atoms with Crippen molar-refractivity contribution in [1.82, 2.24) is 0 Å². The van der Waals surface area contributed by atoms with Crippen LogP contribution in [0.1, 0.15) is 6.42 Å². The number of hydrogen-bond acceptors (Lipinski definition) is 2. The van der Waals surface area contributed by atoms with Crippen molar-refractivity contribution < 1.29 is 9.31 Å². The second-order valence-corrected chi connectivity index (χ2v) is 2.43. The number of rotatable bonds is 1. The quantitative estimate of drug-likeness (QED) is 0.424. The Bertz CT molecular complexity index is 106. The molecule has 1 saturated heterocycles. The molecule has 0 spiro atoms. The van der Waals surface area contributed by atoms with Gasteiger partial charge in [-0.05, 0) is 6.42 Å². The van der Waals surface area contributed by atoms with E-state index in [1.54, 1.807) is 0 Å². The van der Waals surface area contributed by atoms with Crippen molar-refractivity contribution in [3.05, 3.63) is 0 Å². The van der Waals surface area contributed by atoms with Crippen molar-refractivity contribution in [3.63, 3.8) is 0 Å². The van der Waals surface area contributed by atoms with Crippen molar-refractivity contribution in [2.75, 3.05) is 13.2 Å². The van der Waals surface area contributed by atoms with E-state index in [2.05, 4.69) is 0 Å². The van der Waals surface area contributed by atoms with Gasteiger partial charge in [0.2, 0.25) is 0 Å². The highest BCUT2D eigenvalue weighted by Gasteiger charge is 2.33. The molecule has 0 N–H and O–H groups in total. The van der Waals surface area contributed by atoms with Crippen LogP contribution in [0.5, 0.6) is 0 Å². The SMILES string of the molecule is [B]C([B])([B])B1OCCCO1. The molecular weight excluding hydrogens is 123 g/mol. The maximum atomic E-state index is 5.32. The summed E-state index contributed by atoms with van der Waals surface area (Å²) in [6, 6.07) is 0. The van der Waals surface area contributed by atoms with Gasteiger partial charge in [0, 0.05) is 36.8 Å². The molecule has 0 aliphatic carbocycles. The molecule has 2 nitrogen and oxygen atoms in total. The minimum atomic E-state index is -1.37. The fraction of sp³-hybridized carbons (Fsp3) is 1.00. The predicted molar refractivity (Wildman–Crippen MR) is 42.2 cm³/mol. The lowest BCUT2D eigenvalue weighted by Crippen LogP contribution is -2.43. The van der Waals surface area contributed by atoms with Crippen LogP contribution in [-0.2, 0) is 9.31 Å². The van der Waals surface area contributed by atoms with Gasteiger partial charge >= 0.3 is 7.12 Å². The fourth-order valence-corrected chi connectivity index (χ4v) is 0.776. The zero-order valence-electron chi connectivity index (χ0n) is 5.75. The van der Waals surface area contributed by atoms with Crippen LogP contribution in [0.4, 0.5) is 0 Å². The highest BCUT2D eigenvalue weighted by Crippen LogP contribution is 2.19. The second-order valence-electron chi connectivity index (χ2n) is 2.43. The van der Waals surface area contributed by atoms with Crippen LogP contribution in [0.2, 0.25) is 5.01 Å². The molecule has 0 amide bonds. The van der Waals surface area contributed by atoms with Gasteiger partial charge in [-0.3, -0.25) is 0 Å². The Morgan fingerprint density at radius 3 is 1.90 bits per heavy atom. The highest BCUT2D eigenvalue weighted by molar-refractivity contribution is 6.84. The van der Waals surface area contributed by atoms with Gasteiger partial charge < -0.3 is 9.31 Å². The van der Waals surface area contributed by atoms with Crippen LogP contribution in [0.25, 0.3) is 0 Å². The minimum Gasteiger partial charge on any atom is -0.412 e. The lowest BCUT2D eigenvalue weighted by molar-refractivity contribution is 0.133. The molecule has 0 aromatic carbocycles. The van der Waals surface area contributed by atoms with E-state index in [4.69, 9.17) is 32.8 Å². The van der Waals surface area contributed by atoms with Crippen LogP contribution < -0.4 is 0 Å². The van der Waals surface area contributed by atoms with E-state index < -0.39 is 12.1 Å².